The third kappa shape index (κ3) is 1.97. The van der Waals surface area contributed by atoms with Crippen LogP contribution in [0.2, 0.25) is 0 Å². The standard InChI is InChI=1S/C7H13NO3S/c1-4-7-8(5-2,6-3)12(9,10)11/h1H,5-7H2,2-3H3. The SMILES string of the molecule is C#CC[N+](CC)(CC)S(=O)(=O)[O-]. The van der Waals surface area contributed by atoms with E-state index in [4.69, 9.17) is 6.42 Å². The fourth-order valence-corrected chi connectivity index (χ4v) is 1.87. The summed E-state index contributed by atoms with van der Waals surface area (Å²) in [6.45, 7) is 3.64. The molecule has 0 rings (SSSR count). The van der Waals surface area contributed by atoms with Crippen LogP contribution in [0.1, 0.15) is 13.8 Å². The van der Waals surface area contributed by atoms with Gasteiger partial charge in [-0.05, 0) is 19.8 Å². The molecule has 5 heteroatoms. The maximum absolute atomic E-state index is 10.8. The second-order valence-electron chi connectivity index (χ2n) is 2.48. The lowest BCUT2D eigenvalue weighted by molar-refractivity contribution is -0.799. The van der Waals surface area contributed by atoms with Crippen molar-refractivity contribution in [1.82, 2.24) is 0 Å². The summed E-state index contributed by atoms with van der Waals surface area (Å²) in [5.74, 6) is 2.21. The molecule has 0 aromatic rings. The minimum absolute atomic E-state index is 0.0567. The van der Waals surface area contributed by atoms with E-state index in [1.54, 1.807) is 13.8 Å². The van der Waals surface area contributed by atoms with E-state index < -0.39 is 14.2 Å². The highest BCUT2D eigenvalue weighted by Crippen LogP contribution is 2.11. The molecule has 0 heterocycles. The Morgan fingerprint density at radius 2 is 1.83 bits per heavy atom. The quantitative estimate of drug-likeness (QED) is 0.355. The molecule has 0 aromatic heterocycles. The zero-order chi connectivity index (χ0) is 9.83. The number of terminal acetylenes is 1. The Kier molecular flexibility index (Phi) is 3.71. The van der Waals surface area contributed by atoms with Gasteiger partial charge in [-0.1, -0.05) is 0 Å². The van der Waals surface area contributed by atoms with Crippen LogP contribution in [-0.2, 0) is 10.3 Å². The molecule has 0 aliphatic heterocycles. The van der Waals surface area contributed by atoms with Crippen molar-refractivity contribution < 1.29 is 16.9 Å². The molecular weight excluding hydrogens is 178 g/mol. The van der Waals surface area contributed by atoms with Gasteiger partial charge >= 0.3 is 0 Å². The minimum atomic E-state index is -4.34. The number of hydrogen-bond donors (Lipinski definition) is 0. The Morgan fingerprint density at radius 3 is 1.92 bits per heavy atom. The highest BCUT2D eigenvalue weighted by atomic mass is 32.2. The van der Waals surface area contributed by atoms with Gasteiger partial charge in [0.25, 0.3) is 10.3 Å². The fraction of sp³-hybridized carbons (Fsp3) is 0.714. The predicted octanol–water partition coefficient (Wildman–Crippen LogP) is -0.0636. The van der Waals surface area contributed by atoms with Crippen LogP contribution in [0.3, 0.4) is 0 Å². The van der Waals surface area contributed by atoms with Gasteiger partial charge in [0.1, 0.15) is 0 Å². The van der Waals surface area contributed by atoms with Gasteiger partial charge in [-0.3, -0.25) is 0 Å². The van der Waals surface area contributed by atoms with E-state index in [9.17, 15) is 13.0 Å². The molecule has 0 unspecified atom stereocenters. The van der Waals surface area contributed by atoms with E-state index in [-0.39, 0.29) is 19.6 Å². The molecule has 12 heavy (non-hydrogen) atoms. The summed E-state index contributed by atoms with van der Waals surface area (Å²) >= 11 is 0. The molecule has 0 radical (unpaired) electrons. The van der Waals surface area contributed by atoms with Gasteiger partial charge in [-0.15, -0.1) is 6.42 Å². The number of rotatable bonds is 4. The molecule has 70 valence electrons. The van der Waals surface area contributed by atoms with E-state index >= 15 is 0 Å². The first-order valence-electron chi connectivity index (χ1n) is 3.69. The van der Waals surface area contributed by atoms with Gasteiger partial charge in [-0.25, -0.2) is 3.89 Å². The topological polar surface area (TPSA) is 57.2 Å². The first kappa shape index (κ1) is 11.4. The largest absolute Gasteiger partial charge is 0.701 e. The molecule has 0 aliphatic carbocycles. The highest BCUT2D eigenvalue weighted by molar-refractivity contribution is 7.80. The smallest absolute Gasteiger partial charge is 0.255 e. The van der Waals surface area contributed by atoms with Crippen molar-refractivity contribution in [1.29, 1.82) is 0 Å². The second kappa shape index (κ2) is 3.90. The van der Waals surface area contributed by atoms with Crippen molar-refractivity contribution in [3.8, 4) is 12.3 Å². The Labute approximate surface area is 73.7 Å². The van der Waals surface area contributed by atoms with Gasteiger partial charge in [0.05, 0.1) is 13.1 Å². The van der Waals surface area contributed by atoms with Crippen LogP contribution < -0.4 is 0 Å². The summed E-state index contributed by atoms with van der Waals surface area (Å²) in [4.78, 5) is 0. The molecule has 4 nitrogen and oxygen atoms in total. The zero-order valence-electron chi connectivity index (χ0n) is 7.28. The molecule has 0 amide bonds. The van der Waals surface area contributed by atoms with Crippen LogP contribution in [0.5, 0.6) is 0 Å². The van der Waals surface area contributed by atoms with Crippen LogP contribution in [0, 0.1) is 12.3 Å². The Hall–Kier alpha value is -0.570. The third-order valence-electron chi connectivity index (χ3n) is 2.01. The van der Waals surface area contributed by atoms with Crippen LogP contribution in [0.4, 0.5) is 0 Å². The van der Waals surface area contributed by atoms with Gasteiger partial charge in [0.2, 0.25) is 0 Å². The summed E-state index contributed by atoms with van der Waals surface area (Å²) in [6, 6.07) is 0. The predicted molar refractivity (Wildman–Crippen MR) is 44.7 cm³/mol. The van der Waals surface area contributed by atoms with E-state index in [1.165, 1.54) is 0 Å². The molecule has 0 atom stereocenters. The van der Waals surface area contributed by atoms with Crippen molar-refractivity contribution in [2.24, 2.45) is 0 Å². The van der Waals surface area contributed by atoms with Crippen LogP contribution in [0.15, 0.2) is 0 Å². The molecule has 0 fully saturated rings. The monoisotopic (exact) mass is 191 g/mol. The molecule has 0 N–H and O–H groups in total. The van der Waals surface area contributed by atoms with Crippen molar-refractivity contribution in [2.45, 2.75) is 13.8 Å². The molecule has 0 saturated heterocycles. The summed E-state index contributed by atoms with van der Waals surface area (Å²) < 4.78 is 31.9. The van der Waals surface area contributed by atoms with Crippen LogP contribution in [0.25, 0.3) is 0 Å². The minimum Gasteiger partial charge on any atom is -0.701 e. The lowest BCUT2D eigenvalue weighted by Gasteiger charge is -2.35. The first-order valence-corrected chi connectivity index (χ1v) is 5.05. The second-order valence-corrected chi connectivity index (χ2v) is 4.11. The normalized spacial score (nSPS) is 12.5. The Bertz CT molecular complexity index is 272. The molecule has 0 bridgehead atoms. The molecule has 0 spiro atoms. The van der Waals surface area contributed by atoms with Gasteiger partial charge in [0.15, 0.2) is 6.54 Å². The van der Waals surface area contributed by atoms with Gasteiger partial charge in [0, 0.05) is 0 Å². The lowest BCUT2D eigenvalue weighted by atomic mass is 10.5. The zero-order valence-corrected chi connectivity index (χ0v) is 8.10. The molecule has 0 saturated carbocycles. The van der Waals surface area contributed by atoms with E-state index in [0.29, 0.717) is 0 Å². The van der Waals surface area contributed by atoms with Crippen LogP contribution in [-0.4, -0.2) is 36.5 Å². The maximum atomic E-state index is 10.8. The Morgan fingerprint density at radius 1 is 1.42 bits per heavy atom. The lowest BCUT2D eigenvalue weighted by Crippen LogP contribution is -2.52. The van der Waals surface area contributed by atoms with Gasteiger partial charge < -0.3 is 4.55 Å². The third-order valence-corrected chi connectivity index (χ3v) is 3.60. The van der Waals surface area contributed by atoms with Crippen molar-refractivity contribution >= 4 is 10.3 Å². The van der Waals surface area contributed by atoms with Crippen LogP contribution >= 0.6 is 0 Å². The number of hydrogen-bond acceptors (Lipinski definition) is 3. The van der Waals surface area contributed by atoms with Gasteiger partial charge in [-0.2, -0.15) is 8.42 Å². The van der Waals surface area contributed by atoms with Crippen molar-refractivity contribution in [3.05, 3.63) is 0 Å². The van der Waals surface area contributed by atoms with E-state index in [2.05, 4.69) is 5.92 Å². The summed E-state index contributed by atoms with van der Waals surface area (Å²) in [5.41, 5.74) is 0. The average molecular weight is 191 g/mol. The average Bonchev–Trinajstić information content (AvgIpc) is 1.98. The maximum Gasteiger partial charge on any atom is 0.255 e. The summed E-state index contributed by atoms with van der Waals surface area (Å²) in [5, 5.41) is 0. The molecule has 0 aromatic carbocycles. The summed E-state index contributed by atoms with van der Waals surface area (Å²) in [6.07, 6.45) is 4.99. The number of quaternary nitrogens is 1. The molecule has 0 aliphatic rings. The van der Waals surface area contributed by atoms with Crippen molar-refractivity contribution in [2.75, 3.05) is 19.6 Å². The van der Waals surface area contributed by atoms with E-state index in [0.717, 1.165) is 0 Å². The first-order chi connectivity index (χ1) is 5.43. The highest BCUT2D eigenvalue weighted by Gasteiger charge is 2.29. The van der Waals surface area contributed by atoms with Crippen molar-refractivity contribution in [3.63, 3.8) is 0 Å². The Balaban J connectivity index is 5.00. The molecular formula is C7H13NO3S. The number of nitrogens with zero attached hydrogens (tertiary/aromatic N) is 1. The fourth-order valence-electron chi connectivity index (χ4n) is 1.01. The van der Waals surface area contributed by atoms with E-state index in [1.807, 2.05) is 0 Å². The summed E-state index contributed by atoms with van der Waals surface area (Å²) in [7, 11) is -4.34.